The van der Waals surface area contributed by atoms with E-state index in [-0.39, 0.29) is 6.54 Å². The van der Waals surface area contributed by atoms with E-state index in [1.165, 1.54) is 11.2 Å². The zero-order chi connectivity index (χ0) is 13.7. The van der Waals surface area contributed by atoms with Crippen LogP contribution in [0.2, 0.25) is 0 Å². The molecular weight excluding hydrogens is 240 g/mol. The second-order valence-corrected chi connectivity index (χ2v) is 3.90. The molecule has 18 heavy (non-hydrogen) atoms. The second kappa shape index (κ2) is 6.06. The number of nitrogens with zero attached hydrogens (tertiary/aromatic N) is 1. The second-order valence-electron chi connectivity index (χ2n) is 3.90. The van der Waals surface area contributed by atoms with Gasteiger partial charge in [-0.3, -0.25) is 0 Å². The molecule has 7 nitrogen and oxygen atoms in total. The molecule has 2 amide bonds. The Morgan fingerprint density at radius 2 is 2.22 bits per heavy atom. The van der Waals surface area contributed by atoms with Crippen LogP contribution in [0.3, 0.4) is 0 Å². The summed E-state index contributed by atoms with van der Waals surface area (Å²) >= 11 is 0. The van der Waals surface area contributed by atoms with Gasteiger partial charge in [-0.2, -0.15) is 0 Å². The molecule has 7 heteroatoms. The summed E-state index contributed by atoms with van der Waals surface area (Å²) in [5, 5.41) is 19.8. The van der Waals surface area contributed by atoms with Crippen molar-refractivity contribution in [3.05, 3.63) is 23.7 Å². The first-order valence-electron chi connectivity index (χ1n) is 5.34. The molecule has 1 aromatic rings. The maximum atomic E-state index is 11.6. The lowest BCUT2D eigenvalue weighted by Crippen LogP contribution is -2.42. The molecule has 100 valence electrons. The summed E-state index contributed by atoms with van der Waals surface area (Å²) in [6, 6.07) is 1.29. The molecule has 0 spiro atoms. The molecule has 0 aliphatic carbocycles. The van der Waals surface area contributed by atoms with Crippen molar-refractivity contribution >= 4 is 12.0 Å². The van der Waals surface area contributed by atoms with E-state index < -0.39 is 18.1 Å². The average Bonchev–Trinajstić information content (AvgIpc) is 2.71. The lowest BCUT2D eigenvalue weighted by Gasteiger charge is -2.18. The molecule has 3 N–H and O–H groups in total. The highest BCUT2D eigenvalue weighted by Crippen LogP contribution is 2.10. The third-order valence-electron chi connectivity index (χ3n) is 2.45. The summed E-state index contributed by atoms with van der Waals surface area (Å²) < 4.78 is 5.10. The van der Waals surface area contributed by atoms with Crippen LogP contribution in [0, 0.1) is 6.92 Å². The van der Waals surface area contributed by atoms with Gasteiger partial charge in [-0.1, -0.05) is 0 Å². The summed E-state index contributed by atoms with van der Waals surface area (Å²) in [6.45, 7) is 1.80. The molecule has 0 saturated carbocycles. The van der Waals surface area contributed by atoms with E-state index in [9.17, 15) is 9.59 Å². The summed E-state index contributed by atoms with van der Waals surface area (Å²) in [6.07, 6.45) is -0.0667. The highest BCUT2D eigenvalue weighted by molar-refractivity contribution is 5.76. The van der Waals surface area contributed by atoms with Crippen LogP contribution in [0.4, 0.5) is 4.79 Å². The average molecular weight is 256 g/mol. The molecule has 1 aromatic heterocycles. The van der Waals surface area contributed by atoms with Crippen molar-refractivity contribution in [1.29, 1.82) is 0 Å². The standard InChI is InChI=1S/C11H16N2O5/c1-7-8(3-4-18-7)6-13(2)11(17)12-5-9(14)10(15)16/h3-4,9,14H,5-6H2,1-2H3,(H,12,17)(H,15,16). The fraction of sp³-hybridized carbons (Fsp3) is 0.455. The summed E-state index contributed by atoms with van der Waals surface area (Å²) in [7, 11) is 1.56. The number of rotatable bonds is 5. The van der Waals surface area contributed by atoms with Gasteiger partial charge in [-0.15, -0.1) is 0 Å². The first-order chi connectivity index (χ1) is 8.41. The van der Waals surface area contributed by atoms with Gasteiger partial charge in [-0.25, -0.2) is 9.59 Å². The first kappa shape index (κ1) is 14.0. The number of aryl methyl sites for hydroxylation is 1. The Morgan fingerprint density at radius 3 is 2.72 bits per heavy atom. The van der Waals surface area contributed by atoms with Crippen LogP contribution in [-0.4, -0.2) is 46.8 Å². The number of furan rings is 1. The Balaban J connectivity index is 2.42. The molecular formula is C11H16N2O5. The summed E-state index contributed by atoms with van der Waals surface area (Å²) in [4.78, 5) is 23.3. The highest BCUT2D eigenvalue weighted by Gasteiger charge is 2.16. The fourth-order valence-corrected chi connectivity index (χ4v) is 1.31. The molecule has 0 radical (unpaired) electrons. The predicted octanol–water partition coefficient (Wildman–Crippen LogP) is 0.175. The number of urea groups is 1. The van der Waals surface area contributed by atoms with Gasteiger partial charge in [0.2, 0.25) is 0 Å². The maximum absolute atomic E-state index is 11.6. The molecule has 1 heterocycles. The van der Waals surface area contributed by atoms with Crippen LogP contribution in [0.25, 0.3) is 0 Å². The summed E-state index contributed by atoms with van der Waals surface area (Å²) in [5.74, 6) is -0.649. The van der Waals surface area contributed by atoms with Crippen LogP contribution >= 0.6 is 0 Å². The number of hydrogen-bond acceptors (Lipinski definition) is 4. The van der Waals surface area contributed by atoms with Crippen LogP contribution in [0.15, 0.2) is 16.7 Å². The van der Waals surface area contributed by atoms with E-state index in [0.29, 0.717) is 6.54 Å². The van der Waals surface area contributed by atoms with Crippen molar-refractivity contribution < 1.29 is 24.2 Å². The molecule has 0 fully saturated rings. The third kappa shape index (κ3) is 3.77. The van der Waals surface area contributed by atoms with E-state index in [4.69, 9.17) is 14.6 Å². The molecule has 1 rings (SSSR count). The number of aliphatic carboxylic acids is 1. The van der Waals surface area contributed by atoms with Crippen molar-refractivity contribution in [2.75, 3.05) is 13.6 Å². The molecule has 0 saturated heterocycles. The zero-order valence-corrected chi connectivity index (χ0v) is 10.2. The number of carboxylic acids is 1. The first-order valence-corrected chi connectivity index (χ1v) is 5.34. The van der Waals surface area contributed by atoms with Crippen LogP contribution in [0.1, 0.15) is 11.3 Å². The normalized spacial score (nSPS) is 11.9. The Labute approximate surface area is 104 Å². The van der Waals surface area contributed by atoms with Gasteiger partial charge in [0.15, 0.2) is 6.10 Å². The molecule has 1 atom stereocenters. The van der Waals surface area contributed by atoms with E-state index in [1.807, 2.05) is 0 Å². The number of amides is 2. The minimum absolute atomic E-state index is 0.330. The van der Waals surface area contributed by atoms with Gasteiger partial charge in [0.05, 0.1) is 19.4 Å². The van der Waals surface area contributed by atoms with Gasteiger partial charge >= 0.3 is 12.0 Å². The number of carboxylic acid groups (broad SMARTS) is 1. The molecule has 0 aliphatic heterocycles. The quantitative estimate of drug-likeness (QED) is 0.697. The molecule has 0 aliphatic rings. The minimum Gasteiger partial charge on any atom is -0.479 e. The van der Waals surface area contributed by atoms with Crippen molar-refractivity contribution in [2.45, 2.75) is 19.6 Å². The lowest BCUT2D eigenvalue weighted by atomic mass is 10.2. The van der Waals surface area contributed by atoms with E-state index in [0.717, 1.165) is 11.3 Å². The van der Waals surface area contributed by atoms with Crippen molar-refractivity contribution in [1.82, 2.24) is 10.2 Å². The van der Waals surface area contributed by atoms with Gasteiger partial charge in [-0.05, 0) is 13.0 Å². The largest absolute Gasteiger partial charge is 0.479 e. The van der Waals surface area contributed by atoms with E-state index >= 15 is 0 Å². The van der Waals surface area contributed by atoms with Crippen molar-refractivity contribution in [3.8, 4) is 0 Å². The van der Waals surface area contributed by atoms with Crippen LogP contribution in [0.5, 0.6) is 0 Å². The lowest BCUT2D eigenvalue weighted by molar-refractivity contribution is -0.146. The zero-order valence-electron chi connectivity index (χ0n) is 10.2. The fourth-order valence-electron chi connectivity index (χ4n) is 1.31. The number of carbonyl (C=O) groups excluding carboxylic acids is 1. The van der Waals surface area contributed by atoms with Crippen LogP contribution < -0.4 is 5.32 Å². The Hall–Kier alpha value is -2.02. The predicted molar refractivity (Wildman–Crippen MR) is 62.0 cm³/mol. The number of nitrogens with one attached hydrogen (secondary N) is 1. The van der Waals surface area contributed by atoms with Gasteiger partial charge in [0.1, 0.15) is 5.76 Å². The number of aliphatic hydroxyl groups excluding tert-OH is 1. The number of hydrogen-bond donors (Lipinski definition) is 3. The highest BCUT2D eigenvalue weighted by atomic mass is 16.4. The Morgan fingerprint density at radius 1 is 1.56 bits per heavy atom. The smallest absolute Gasteiger partial charge is 0.334 e. The van der Waals surface area contributed by atoms with Gasteiger partial charge in [0, 0.05) is 12.6 Å². The van der Waals surface area contributed by atoms with Gasteiger partial charge in [0.25, 0.3) is 0 Å². The van der Waals surface area contributed by atoms with E-state index in [1.54, 1.807) is 20.0 Å². The molecule has 0 bridgehead atoms. The van der Waals surface area contributed by atoms with Crippen molar-refractivity contribution in [3.63, 3.8) is 0 Å². The topological polar surface area (TPSA) is 103 Å². The monoisotopic (exact) mass is 256 g/mol. The molecule has 1 unspecified atom stereocenters. The summed E-state index contributed by atoms with van der Waals surface area (Å²) in [5.41, 5.74) is 0.867. The minimum atomic E-state index is -1.60. The molecule has 0 aromatic carbocycles. The van der Waals surface area contributed by atoms with Crippen molar-refractivity contribution in [2.24, 2.45) is 0 Å². The third-order valence-corrected chi connectivity index (χ3v) is 2.45. The van der Waals surface area contributed by atoms with Crippen LogP contribution in [-0.2, 0) is 11.3 Å². The number of aliphatic hydroxyl groups is 1. The van der Waals surface area contributed by atoms with Gasteiger partial charge < -0.3 is 24.8 Å². The Kier molecular flexibility index (Phi) is 4.73. The Bertz CT molecular complexity index is 429. The SMILES string of the molecule is Cc1occc1CN(C)C(=O)NCC(O)C(=O)O. The maximum Gasteiger partial charge on any atom is 0.334 e. The van der Waals surface area contributed by atoms with E-state index in [2.05, 4.69) is 5.32 Å². The number of carbonyl (C=O) groups is 2.